The van der Waals surface area contributed by atoms with Crippen LogP contribution in [0.2, 0.25) is 0 Å². The summed E-state index contributed by atoms with van der Waals surface area (Å²) in [5.74, 6) is 0.795. The van der Waals surface area contributed by atoms with Crippen molar-refractivity contribution in [1.29, 1.82) is 5.26 Å². The monoisotopic (exact) mass is 365 g/mol. The summed E-state index contributed by atoms with van der Waals surface area (Å²) >= 11 is 0. The molecule has 0 fully saturated rings. The molecule has 2 aromatic rings. The lowest BCUT2D eigenvalue weighted by Gasteiger charge is -2.15. The predicted molar refractivity (Wildman–Crippen MR) is 105 cm³/mol. The van der Waals surface area contributed by atoms with E-state index in [-0.39, 0.29) is 11.6 Å². The Kier molecular flexibility index (Phi) is 6.84. The minimum atomic E-state index is -0.459. The summed E-state index contributed by atoms with van der Waals surface area (Å²) in [5.41, 5.74) is 2.53. The maximum atomic E-state index is 12.4. The van der Waals surface area contributed by atoms with Gasteiger partial charge in [0.05, 0.1) is 14.2 Å². The third kappa shape index (κ3) is 5.02. The average molecular weight is 365 g/mol. The summed E-state index contributed by atoms with van der Waals surface area (Å²) in [4.78, 5) is 12.4. The molecule has 2 aromatic carbocycles. The van der Waals surface area contributed by atoms with E-state index in [1.807, 2.05) is 56.3 Å². The van der Waals surface area contributed by atoms with Crippen LogP contribution >= 0.6 is 0 Å². The number of carbonyl (C=O) groups excluding carboxylic acids is 1. The van der Waals surface area contributed by atoms with Crippen molar-refractivity contribution < 1.29 is 14.3 Å². The Bertz CT molecular complexity index is 884. The second-order valence-electron chi connectivity index (χ2n) is 5.94. The zero-order valence-electron chi connectivity index (χ0n) is 15.9. The molecule has 0 aromatic heterocycles. The van der Waals surface area contributed by atoms with Crippen molar-refractivity contribution in [2.75, 3.05) is 19.5 Å². The molecule has 1 unspecified atom stereocenters. The Labute approximate surface area is 159 Å². The zero-order valence-corrected chi connectivity index (χ0v) is 15.9. The quantitative estimate of drug-likeness (QED) is 0.577. The van der Waals surface area contributed by atoms with E-state index in [0.717, 1.165) is 11.1 Å². The number of rotatable bonds is 7. The number of hydrogen-bond acceptors (Lipinski definition) is 5. The normalized spacial score (nSPS) is 11.9. The van der Waals surface area contributed by atoms with Gasteiger partial charge in [0.2, 0.25) is 0 Å². The number of nitrogens with one attached hydrogen (secondary N) is 2. The van der Waals surface area contributed by atoms with E-state index in [4.69, 9.17) is 9.47 Å². The van der Waals surface area contributed by atoms with Gasteiger partial charge in [-0.15, -0.1) is 0 Å². The van der Waals surface area contributed by atoms with E-state index < -0.39 is 5.91 Å². The standard InChI is InChI=1S/C21H23N3O3/c1-14-7-5-6-8-18(14)24-21(25)17(12-22)13-23-15(2)16-9-10-19(26-3)20(11-16)27-4/h5-11,13,15,23H,1-4H3,(H,24,25)/b17-13-. The minimum Gasteiger partial charge on any atom is -0.493 e. The fourth-order valence-electron chi connectivity index (χ4n) is 2.48. The third-order valence-electron chi connectivity index (χ3n) is 4.14. The van der Waals surface area contributed by atoms with Crippen LogP contribution in [-0.2, 0) is 4.79 Å². The van der Waals surface area contributed by atoms with Gasteiger partial charge >= 0.3 is 0 Å². The fourth-order valence-corrected chi connectivity index (χ4v) is 2.48. The van der Waals surface area contributed by atoms with Gasteiger partial charge in [-0.3, -0.25) is 4.79 Å². The van der Waals surface area contributed by atoms with Crippen molar-refractivity contribution in [3.05, 3.63) is 65.4 Å². The summed E-state index contributed by atoms with van der Waals surface area (Å²) in [6.07, 6.45) is 1.43. The smallest absolute Gasteiger partial charge is 0.267 e. The Morgan fingerprint density at radius 3 is 2.48 bits per heavy atom. The van der Waals surface area contributed by atoms with Gasteiger partial charge in [0.1, 0.15) is 11.6 Å². The van der Waals surface area contributed by atoms with Crippen LogP contribution in [0.5, 0.6) is 11.5 Å². The second kappa shape index (κ2) is 9.30. The lowest BCUT2D eigenvalue weighted by molar-refractivity contribution is -0.112. The van der Waals surface area contributed by atoms with Gasteiger partial charge in [-0.1, -0.05) is 24.3 Å². The van der Waals surface area contributed by atoms with Crippen LogP contribution in [0.25, 0.3) is 0 Å². The highest BCUT2D eigenvalue weighted by molar-refractivity contribution is 6.06. The van der Waals surface area contributed by atoms with E-state index in [2.05, 4.69) is 10.6 Å². The molecule has 0 aliphatic rings. The third-order valence-corrected chi connectivity index (χ3v) is 4.14. The number of nitrogens with zero attached hydrogens (tertiary/aromatic N) is 1. The van der Waals surface area contributed by atoms with E-state index in [1.54, 1.807) is 20.3 Å². The predicted octanol–water partition coefficient (Wildman–Crippen LogP) is 3.71. The van der Waals surface area contributed by atoms with Gasteiger partial charge in [0, 0.05) is 17.9 Å². The molecule has 0 heterocycles. The molecular weight excluding hydrogens is 342 g/mol. The molecule has 6 nitrogen and oxygen atoms in total. The zero-order chi connectivity index (χ0) is 19.8. The number of hydrogen-bond donors (Lipinski definition) is 2. The number of carbonyl (C=O) groups is 1. The Balaban J connectivity index is 2.11. The van der Waals surface area contributed by atoms with Crippen LogP contribution in [0.4, 0.5) is 5.69 Å². The number of amides is 1. The SMILES string of the molecule is COc1ccc(C(C)N/C=C(/C#N)C(=O)Nc2ccccc2C)cc1OC. The second-order valence-corrected chi connectivity index (χ2v) is 5.94. The fraction of sp³-hybridized carbons (Fsp3) is 0.238. The lowest BCUT2D eigenvalue weighted by atomic mass is 10.1. The van der Waals surface area contributed by atoms with Crippen molar-refractivity contribution in [3.63, 3.8) is 0 Å². The summed E-state index contributed by atoms with van der Waals surface area (Å²) in [6.45, 7) is 3.81. The summed E-state index contributed by atoms with van der Waals surface area (Å²) in [6, 6.07) is 14.8. The topological polar surface area (TPSA) is 83.4 Å². The molecule has 0 aliphatic carbocycles. The average Bonchev–Trinajstić information content (AvgIpc) is 2.69. The van der Waals surface area contributed by atoms with Gasteiger partial charge in [-0.05, 0) is 43.2 Å². The van der Waals surface area contributed by atoms with Gasteiger partial charge in [0.25, 0.3) is 5.91 Å². The molecule has 1 atom stereocenters. The molecule has 0 saturated heterocycles. The molecule has 0 spiro atoms. The highest BCUT2D eigenvalue weighted by Gasteiger charge is 2.13. The van der Waals surface area contributed by atoms with Crippen LogP contribution in [0.15, 0.2) is 54.2 Å². The molecule has 0 saturated carbocycles. The first kappa shape index (κ1) is 19.9. The van der Waals surface area contributed by atoms with Gasteiger partial charge in [-0.25, -0.2) is 0 Å². The van der Waals surface area contributed by atoms with Crippen LogP contribution in [0.3, 0.4) is 0 Å². The number of methoxy groups -OCH3 is 2. The molecule has 2 N–H and O–H groups in total. The number of benzene rings is 2. The van der Waals surface area contributed by atoms with Gasteiger partial charge < -0.3 is 20.1 Å². The van der Waals surface area contributed by atoms with Crippen molar-refractivity contribution in [1.82, 2.24) is 5.32 Å². The van der Waals surface area contributed by atoms with Crippen molar-refractivity contribution >= 4 is 11.6 Å². The lowest BCUT2D eigenvalue weighted by Crippen LogP contribution is -2.19. The largest absolute Gasteiger partial charge is 0.493 e. The summed E-state index contributed by atoms with van der Waals surface area (Å²) < 4.78 is 10.5. The number of nitriles is 1. The molecule has 2 rings (SSSR count). The highest BCUT2D eigenvalue weighted by Crippen LogP contribution is 2.29. The van der Waals surface area contributed by atoms with Crippen LogP contribution < -0.4 is 20.1 Å². The van der Waals surface area contributed by atoms with Crippen molar-refractivity contribution in [3.8, 4) is 17.6 Å². The first-order chi connectivity index (χ1) is 13.0. The summed E-state index contributed by atoms with van der Waals surface area (Å²) in [5, 5.41) is 15.2. The van der Waals surface area contributed by atoms with Crippen molar-refractivity contribution in [2.45, 2.75) is 19.9 Å². The van der Waals surface area contributed by atoms with Crippen LogP contribution in [0.1, 0.15) is 24.1 Å². The molecule has 1 amide bonds. The highest BCUT2D eigenvalue weighted by atomic mass is 16.5. The number of aryl methyl sites for hydroxylation is 1. The number of anilines is 1. The first-order valence-corrected chi connectivity index (χ1v) is 8.45. The number of ether oxygens (including phenoxy) is 2. The molecule has 6 heteroatoms. The minimum absolute atomic E-state index is 0.00872. The van der Waals surface area contributed by atoms with Gasteiger partial charge in [0.15, 0.2) is 11.5 Å². The molecule has 0 bridgehead atoms. The summed E-state index contributed by atoms with van der Waals surface area (Å²) in [7, 11) is 3.15. The maximum absolute atomic E-state index is 12.4. The van der Waals surface area contributed by atoms with E-state index in [9.17, 15) is 10.1 Å². The van der Waals surface area contributed by atoms with Gasteiger partial charge in [-0.2, -0.15) is 5.26 Å². The van der Waals surface area contributed by atoms with E-state index in [1.165, 1.54) is 6.20 Å². The first-order valence-electron chi connectivity index (χ1n) is 8.45. The Morgan fingerprint density at radius 2 is 1.85 bits per heavy atom. The van der Waals surface area contributed by atoms with E-state index in [0.29, 0.717) is 17.2 Å². The molecule has 0 aliphatic heterocycles. The molecule has 140 valence electrons. The maximum Gasteiger partial charge on any atom is 0.267 e. The molecule has 27 heavy (non-hydrogen) atoms. The molecule has 0 radical (unpaired) electrons. The molecular formula is C21H23N3O3. The number of para-hydroxylation sites is 1. The Morgan fingerprint density at radius 1 is 1.15 bits per heavy atom. The van der Waals surface area contributed by atoms with E-state index >= 15 is 0 Å². The van der Waals surface area contributed by atoms with Crippen molar-refractivity contribution in [2.24, 2.45) is 0 Å². The van der Waals surface area contributed by atoms with Crippen LogP contribution in [0, 0.1) is 18.3 Å². The Hall–Kier alpha value is -3.46. The van der Waals surface area contributed by atoms with Crippen LogP contribution in [-0.4, -0.2) is 20.1 Å².